The van der Waals surface area contributed by atoms with Gasteiger partial charge in [0.05, 0.1) is 55.6 Å². The van der Waals surface area contributed by atoms with Crippen LogP contribution in [0.15, 0.2) is 152 Å². The van der Waals surface area contributed by atoms with Gasteiger partial charge in [-0.15, -0.1) is 0 Å². The molecule has 0 aliphatic carbocycles. The van der Waals surface area contributed by atoms with Crippen molar-refractivity contribution in [1.82, 2.24) is 13.7 Å². The van der Waals surface area contributed by atoms with Crippen LogP contribution in [0.5, 0.6) is 0 Å². The topological polar surface area (TPSA) is 62.4 Å². The van der Waals surface area contributed by atoms with Crippen LogP contribution in [0, 0.1) is 22.7 Å². The van der Waals surface area contributed by atoms with Crippen LogP contribution in [-0.2, 0) is 0 Å². The molecule has 0 saturated carbocycles. The van der Waals surface area contributed by atoms with Crippen LogP contribution in [0.1, 0.15) is 11.1 Å². The molecular weight excluding hydrogens is 599 g/mol. The standard InChI is InChI=1S/C44H25N5/c45-26-28-24-29(27-46)42(25-41(28)48-35-18-8-4-14-31(35)32-15-5-9-19-36(32)48)49-38-21-11-7-17-34(38)44-40(49)23-22-39-43(44)33-16-6-10-20-37(33)47(39)30-12-2-1-3-13-30/h1-25H. The Hall–Kier alpha value is -7.08. The van der Waals surface area contributed by atoms with E-state index in [-0.39, 0.29) is 0 Å². The Labute approximate surface area is 280 Å². The SMILES string of the molecule is N#Cc1cc(C#N)c(-n2c3ccccc3c3c4c5ccccc5n(-c5ccccc5)c4ccc32)cc1-n1c2ccccc2c2ccccc21. The van der Waals surface area contributed by atoms with Gasteiger partial charge < -0.3 is 13.7 Å². The highest BCUT2D eigenvalue weighted by molar-refractivity contribution is 6.29. The zero-order valence-electron chi connectivity index (χ0n) is 26.2. The number of nitrogens with zero attached hydrogens (tertiary/aromatic N) is 5. The fraction of sp³-hybridized carbons (Fsp3) is 0. The zero-order chi connectivity index (χ0) is 32.6. The van der Waals surface area contributed by atoms with Crippen molar-refractivity contribution >= 4 is 65.4 Å². The summed E-state index contributed by atoms with van der Waals surface area (Å²) < 4.78 is 6.70. The quantitative estimate of drug-likeness (QED) is 0.197. The number of benzene rings is 7. The first kappa shape index (κ1) is 27.1. The molecule has 49 heavy (non-hydrogen) atoms. The summed E-state index contributed by atoms with van der Waals surface area (Å²) in [6.45, 7) is 0. The molecule has 0 unspecified atom stereocenters. The predicted octanol–water partition coefficient (Wildman–Crippen LogP) is 10.7. The van der Waals surface area contributed by atoms with Gasteiger partial charge in [0.1, 0.15) is 12.1 Å². The van der Waals surface area contributed by atoms with E-state index in [1.807, 2.05) is 42.5 Å². The molecule has 0 amide bonds. The summed E-state index contributed by atoms with van der Waals surface area (Å²) in [4.78, 5) is 0. The van der Waals surface area contributed by atoms with Crippen LogP contribution in [0.25, 0.3) is 82.5 Å². The monoisotopic (exact) mass is 623 g/mol. The van der Waals surface area contributed by atoms with E-state index in [4.69, 9.17) is 0 Å². The van der Waals surface area contributed by atoms with Crippen molar-refractivity contribution in [2.75, 3.05) is 0 Å². The van der Waals surface area contributed by atoms with Gasteiger partial charge in [0, 0.05) is 38.0 Å². The molecule has 0 aliphatic heterocycles. The molecule has 3 heterocycles. The molecule has 10 aromatic rings. The Morgan fingerprint density at radius 2 is 0.735 bits per heavy atom. The van der Waals surface area contributed by atoms with E-state index < -0.39 is 0 Å². The largest absolute Gasteiger partial charge is 0.309 e. The molecule has 0 saturated heterocycles. The summed E-state index contributed by atoms with van der Waals surface area (Å²) in [7, 11) is 0. The molecule has 226 valence electrons. The minimum Gasteiger partial charge on any atom is -0.309 e. The van der Waals surface area contributed by atoms with Crippen LogP contribution in [0.2, 0.25) is 0 Å². The van der Waals surface area contributed by atoms with Gasteiger partial charge >= 0.3 is 0 Å². The summed E-state index contributed by atoms with van der Waals surface area (Å²) in [6.07, 6.45) is 0. The first-order valence-corrected chi connectivity index (χ1v) is 16.2. The second kappa shape index (κ2) is 10.2. The van der Waals surface area contributed by atoms with Crippen LogP contribution >= 0.6 is 0 Å². The highest BCUT2D eigenvalue weighted by Crippen LogP contribution is 2.43. The van der Waals surface area contributed by atoms with E-state index in [1.54, 1.807) is 6.07 Å². The Morgan fingerprint density at radius 3 is 1.24 bits per heavy atom. The highest BCUT2D eigenvalue weighted by atomic mass is 15.0. The third-order valence-electron chi connectivity index (χ3n) is 9.90. The van der Waals surface area contributed by atoms with Gasteiger partial charge in [0.15, 0.2) is 0 Å². The zero-order valence-corrected chi connectivity index (χ0v) is 26.2. The first-order chi connectivity index (χ1) is 24.3. The number of aromatic nitrogens is 3. The van der Waals surface area contributed by atoms with Gasteiger partial charge in [-0.1, -0.05) is 91.0 Å². The molecule has 0 spiro atoms. The van der Waals surface area contributed by atoms with E-state index in [0.717, 1.165) is 71.7 Å². The molecule has 5 heteroatoms. The molecule has 0 radical (unpaired) electrons. The second-order valence-corrected chi connectivity index (χ2v) is 12.4. The van der Waals surface area contributed by atoms with E-state index in [9.17, 15) is 10.5 Å². The molecule has 0 N–H and O–H groups in total. The lowest BCUT2D eigenvalue weighted by atomic mass is 10.1. The van der Waals surface area contributed by atoms with Crippen molar-refractivity contribution in [3.05, 3.63) is 163 Å². The van der Waals surface area contributed by atoms with E-state index >= 15 is 0 Å². The van der Waals surface area contributed by atoms with Crippen molar-refractivity contribution in [2.45, 2.75) is 0 Å². The fourth-order valence-electron chi connectivity index (χ4n) is 7.94. The van der Waals surface area contributed by atoms with Gasteiger partial charge in [0.25, 0.3) is 0 Å². The average molecular weight is 624 g/mol. The highest BCUT2D eigenvalue weighted by Gasteiger charge is 2.23. The van der Waals surface area contributed by atoms with Crippen LogP contribution in [0.4, 0.5) is 0 Å². The minimum atomic E-state index is 0.440. The van der Waals surface area contributed by atoms with Crippen molar-refractivity contribution in [3.63, 3.8) is 0 Å². The Bertz CT molecular complexity index is 3020. The van der Waals surface area contributed by atoms with Crippen LogP contribution < -0.4 is 0 Å². The molecule has 7 aromatic carbocycles. The van der Waals surface area contributed by atoms with E-state index in [0.29, 0.717) is 11.1 Å². The van der Waals surface area contributed by atoms with Gasteiger partial charge in [-0.05, 0) is 60.7 Å². The van der Waals surface area contributed by atoms with Crippen molar-refractivity contribution in [3.8, 4) is 29.2 Å². The normalized spacial score (nSPS) is 11.6. The molecule has 0 fully saturated rings. The van der Waals surface area contributed by atoms with E-state index in [2.05, 4.69) is 129 Å². The first-order valence-electron chi connectivity index (χ1n) is 16.2. The van der Waals surface area contributed by atoms with Gasteiger partial charge in [0.2, 0.25) is 0 Å². The Morgan fingerprint density at radius 1 is 0.347 bits per heavy atom. The lowest BCUT2D eigenvalue weighted by molar-refractivity contribution is 1.12. The molecule has 5 nitrogen and oxygen atoms in total. The number of nitriles is 2. The molecule has 3 aromatic heterocycles. The Balaban J connectivity index is 1.36. The Kier molecular flexibility index (Phi) is 5.64. The predicted molar refractivity (Wildman–Crippen MR) is 199 cm³/mol. The van der Waals surface area contributed by atoms with Gasteiger partial charge in [-0.3, -0.25) is 0 Å². The maximum Gasteiger partial charge on any atom is 0.101 e. The molecule has 0 atom stereocenters. The molecule has 10 rings (SSSR count). The summed E-state index contributed by atoms with van der Waals surface area (Å²) in [5, 5.41) is 27.9. The second-order valence-electron chi connectivity index (χ2n) is 12.4. The van der Waals surface area contributed by atoms with Crippen molar-refractivity contribution in [2.24, 2.45) is 0 Å². The number of para-hydroxylation sites is 5. The average Bonchev–Trinajstić information content (AvgIpc) is 3.80. The van der Waals surface area contributed by atoms with Gasteiger partial charge in [-0.25, -0.2) is 0 Å². The number of hydrogen-bond acceptors (Lipinski definition) is 2. The smallest absolute Gasteiger partial charge is 0.101 e. The van der Waals surface area contributed by atoms with Crippen molar-refractivity contribution < 1.29 is 0 Å². The number of rotatable bonds is 3. The maximum absolute atomic E-state index is 10.6. The number of fused-ring (bicyclic) bond motifs is 10. The van der Waals surface area contributed by atoms with Crippen molar-refractivity contribution in [1.29, 1.82) is 10.5 Å². The molecule has 0 bridgehead atoms. The summed E-state index contributed by atoms with van der Waals surface area (Å²) in [5.41, 5.74) is 9.73. The lowest BCUT2D eigenvalue weighted by Gasteiger charge is -2.16. The molecule has 0 aliphatic rings. The summed E-state index contributed by atoms with van der Waals surface area (Å²) in [6, 6.07) is 57.0. The maximum atomic E-state index is 10.6. The van der Waals surface area contributed by atoms with E-state index in [1.165, 1.54) is 10.8 Å². The third-order valence-corrected chi connectivity index (χ3v) is 9.90. The summed E-state index contributed by atoms with van der Waals surface area (Å²) in [5.74, 6) is 0. The fourth-order valence-corrected chi connectivity index (χ4v) is 7.94. The third kappa shape index (κ3) is 3.67. The van der Waals surface area contributed by atoms with Crippen LogP contribution in [0.3, 0.4) is 0 Å². The van der Waals surface area contributed by atoms with Crippen LogP contribution in [-0.4, -0.2) is 13.7 Å². The van der Waals surface area contributed by atoms with Gasteiger partial charge in [-0.2, -0.15) is 10.5 Å². The number of hydrogen-bond donors (Lipinski definition) is 0. The lowest BCUT2D eigenvalue weighted by Crippen LogP contribution is -2.04. The molecular formula is C44H25N5. The summed E-state index contributed by atoms with van der Waals surface area (Å²) >= 11 is 0. The minimum absolute atomic E-state index is 0.440.